The Hall–Kier alpha value is -2.41. The van der Waals surface area contributed by atoms with Gasteiger partial charge in [-0.1, -0.05) is 18.2 Å². The van der Waals surface area contributed by atoms with Crippen LogP contribution in [0, 0.1) is 0 Å². The van der Waals surface area contributed by atoms with Gasteiger partial charge in [0, 0.05) is 18.0 Å². The zero-order valence-electron chi connectivity index (χ0n) is 13.2. The van der Waals surface area contributed by atoms with Crippen LogP contribution in [0.1, 0.15) is 6.42 Å². The first kappa shape index (κ1) is 15.5. The molecule has 1 aromatic heterocycles. The first-order valence-electron chi connectivity index (χ1n) is 7.56. The van der Waals surface area contributed by atoms with Gasteiger partial charge in [0.15, 0.2) is 0 Å². The molecule has 1 fully saturated rings. The fourth-order valence-corrected chi connectivity index (χ4v) is 3.08. The molecule has 2 atom stereocenters. The van der Waals surface area contributed by atoms with Crippen LogP contribution in [-0.2, 0) is 20.9 Å². The maximum atomic E-state index is 12.3. The third-order valence-electron chi connectivity index (χ3n) is 4.23. The van der Waals surface area contributed by atoms with Crippen LogP contribution in [0.4, 0.5) is 0 Å². The van der Waals surface area contributed by atoms with Crippen molar-refractivity contribution in [1.82, 2.24) is 20.0 Å². The van der Waals surface area contributed by atoms with Gasteiger partial charge >= 0.3 is 5.97 Å². The summed E-state index contributed by atoms with van der Waals surface area (Å²) in [5.41, 5.74) is 0.929. The number of fused-ring (bicyclic) bond motifs is 1. The Bertz CT molecular complexity index is 727. The van der Waals surface area contributed by atoms with E-state index in [2.05, 4.69) is 10.4 Å². The molecule has 0 saturated carbocycles. The summed E-state index contributed by atoms with van der Waals surface area (Å²) in [4.78, 5) is 25.8. The zero-order valence-corrected chi connectivity index (χ0v) is 13.2. The molecular weight excluding hydrogens is 296 g/mol. The molecule has 0 unspecified atom stereocenters. The largest absolute Gasteiger partial charge is 0.468 e. The number of esters is 1. The van der Waals surface area contributed by atoms with E-state index in [1.165, 1.54) is 7.11 Å². The Morgan fingerprint density at radius 2 is 2.17 bits per heavy atom. The van der Waals surface area contributed by atoms with Crippen molar-refractivity contribution in [3.63, 3.8) is 0 Å². The Balaban J connectivity index is 1.61. The number of likely N-dealkylation sites (N-methyl/N-ethyl adjacent to an activating group) is 1. The molecule has 7 heteroatoms. The highest BCUT2D eigenvalue weighted by Crippen LogP contribution is 2.17. The van der Waals surface area contributed by atoms with E-state index >= 15 is 0 Å². The summed E-state index contributed by atoms with van der Waals surface area (Å²) in [6.45, 7) is 0.794. The smallest absolute Gasteiger partial charge is 0.323 e. The summed E-state index contributed by atoms with van der Waals surface area (Å²) in [5, 5.41) is 8.23. The molecule has 0 spiro atoms. The molecule has 122 valence electrons. The minimum Gasteiger partial charge on any atom is -0.468 e. The topological polar surface area (TPSA) is 76.5 Å². The number of likely N-dealkylation sites (tertiary alicyclic amines) is 1. The molecule has 1 amide bonds. The minimum absolute atomic E-state index is 0.0570. The Morgan fingerprint density at radius 3 is 2.96 bits per heavy atom. The van der Waals surface area contributed by atoms with Gasteiger partial charge in [-0.05, 0) is 19.5 Å². The van der Waals surface area contributed by atoms with Gasteiger partial charge in [0.2, 0.25) is 5.91 Å². The fraction of sp³-hybridized carbons (Fsp3) is 0.438. The van der Waals surface area contributed by atoms with E-state index in [0.29, 0.717) is 13.0 Å². The van der Waals surface area contributed by atoms with Gasteiger partial charge in [0.1, 0.15) is 12.6 Å². The highest BCUT2D eigenvalue weighted by Gasteiger charge is 2.35. The molecule has 2 aromatic rings. The third-order valence-corrected chi connectivity index (χ3v) is 4.23. The predicted molar refractivity (Wildman–Crippen MR) is 84.7 cm³/mol. The summed E-state index contributed by atoms with van der Waals surface area (Å²) in [7, 11) is 3.24. The molecular formula is C16H20N4O3. The van der Waals surface area contributed by atoms with Gasteiger partial charge in [0.25, 0.3) is 0 Å². The van der Waals surface area contributed by atoms with Crippen LogP contribution in [0.15, 0.2) is 30.5 Å². The number of carbonyl (C=O) groups excluding carboxylic acids is 2. The lowest BCUT2D eigenvalue weighted by molar-refractivity contribution is -0.145. The first-order valence-corrected chi connectivity index (χ1v) is 7.56. The number of hydrogen-bond donors (Lipinski definition) is 1. The molecule has 2 heterocycles. The van der Waals surface area contributed by atoms with Gasteiger partial charge in [0.05, 0.1) is 18.8 Å². The monoisotopic (exact) mass is 316 g/mol. The number of amides is 1. The first-order chi connectivity index (χ1) is 11.1. The molecule has 3 rings (SSSR count). The predicted octanol–water partition coefficient (Wildman–Crippen LogP) is 0.398. The van der Waals surface area contributed by atoms with Gasteiger partial charge in [-0.25, -0.2) is 0 Å². The average molecular weight is 316 g/mol. The van der Waals surface area contributed by atoms with Crippen molar-refractivity contribution in [2.24, 2.45) is 0 Å². The maximum Gasteiger partial charge on any atom is 0.323 e. The van der Waals surface area contributed by atoms with Gasteiger partial charge < -0.3 is 10.1 Å². The number of nitrogens with one attached hydrogen (secondary N) is 1. The van der Waals surface area contributed by atoms with Crippen LogP contribution in [0.3, 0.4) is 0 Å². The lowest BCUT2D eigenvalue weighted by Crippen LogP contribution is -2.38. The second kappa shape index (κ2) is 6.37. The van der Waals surface area contributed by atoms with Gasteiger partial charge in [-0.2, -0.15) is 5.10 Å². The molecule has 1 aromatic carbocycles. The van der Waals surface area contributed by atoms with Crippen LogP contribution in [0.5, 0.6) is 0 Å². The number of aromatic nitrogens is 2. The Kier molecular flexibility index (Phi) is 4.29. The van der Waals surface area contributed by atoms with E-state index < -0.39 is 0 Å². The van der Waals surface area contributed by atoms with Crippen molar-refractivity contribution < 1.29 is 14.3 Å². The van der Waals surface area contributed by atoms with Crippen LogP contribution in [-0.4, -0.2) is 59.3 Å². The van der Waals surface area contributed by atoms with E-state index in [4.69, 9.17) is 4.74 Å². The summed E-state index contributed by atoms with van der Waals surface area (Å²) in [6, 6.07) is 7.41. The molecule has 0 aliphatic carbocycles. The number of rotatable bonds is 4. The van der Waals surface area contributed by atoms with Crippen molar-refractivity contribution in [2.75, 3.05) is 20.7 Å². The maximum absolute atomic E-state index is 12.3. The van der Waals surface area contributed by atoms with Crippen LogP contribution < -0.4 is 5.32 Å². The highest BCUT2D eigenvalue weighted by molar-refractivity contribution is 5.82. The van der Waals surface area contributed by atoms with Crippen LogP contribution in [0.2, 0.25) is 0 Å². The quantitative estimate of drug-likeness (QED) is 0.826. The summed E-state index contributed by atoms with van der Waals surface area (Å²) < 4.78 is 6.47. The molecule has 0 radical (unpaired) electrons. The summed E-state index contributed by atoms with van der Waals surface area (Å²) >= 11 is 0. The number of ether oxygens (including phenoxy) is 1. The molecule has 1 aliphatic heterocycles. The molecule has 1 saturated heterocycles. The normalized spacial score (nSPS) is 21.5. The molecule has 1 N–H and O–H groups in total. The number of hydrogen-bond acceptors (Lipinski definition) is 5. The number of nitrogens with zero attached hydrogens (tertiary/aromatic N) is 3. The second-order valence-corrected chi connectivity index (χ2v) is 5.84. The zero-order chi connectivity index (χ0) is 16.4. The summed E-state index contributed by atoms with van der Waals surface area (Å²) in [6.07, 6.45) is 2.31. The number of para-hydroxylation sites is 1. The standard InChI is InChI=1S/C16H20N4O3/c1-19-9-12(7-14(19)16(22)23-2)18-15(21)10-20-13-6-4-3-5-11(13)8-17-20/h3-6,8,12,14H,7,9-10H2,1-2H3,(H,18,21)/t12-,14+/m1/s1. The lowest BCUT2D eigenvalue weighted by Gasteiger charge is -2.15. The molecule has 1 aliphatic rings. The lowest BCUT2D eigenvalue weighted by atomic mass is 10.1. The van der Waals surface area contributed by atoms with E-state index in [1.807, 2.05) is 36.2 Å². The number of carbonyl (C=O) groups is 2. The number of methoxy groups -OCH3 is 1. The Labute approximate surface area is 134 Å². The molecule has 7 nitrogen and oxygen atoms in total. The van der Waals surface area contributed by atoms with Crippen molar-refractivity contribution in [3.05, 3.63) is 30.5 Å². The van der Waals surface area contributed by atoms with E-state index in [0.717, 1.165) is 10.9 Å². The van der Waals surface area contributed by atoms with Gasteiger partial charge in [-0.15, -0.1) is 0 Å². The molecule has 23 heavy (non-hydrogen) atoms. The van der Waals surface area contributed by atoms with Crippen LogP contribution >= 0.6 is 0 Å². The summed E-state index contributed by atoms with van der Waals surface area (Å²) in [5.74, 6) is -0.370. The van der Waals surface area contributed by atoms with Crippen molar-refractivity contribution in [2.45, 2.75) is 25.0 Å². The van der Waals surface area contributed by atoms with E-state index in [-0.39, 0.29) is 30.5 Å². The van der Waals surface area contributed by atoms with Crippen molar-refractivity contribution in [3.8, 4) is 0 Å². The van der Waals surface area contributed by atoms with E-state index in [1.54, 1.807) is 10.9 Å². The molecule has 0 bridgehead atoms. The fourth-order valence-electron chi connectivity index (χ4n) is 3.08. The van der Waals surface area contributed by atoms with Crippen LogP contribution in [0.25, 0.3) is 10.9 Å². The van der Waals surface area contributed by atoms with Crippen molar-refractivity contribution in [1.29, 1.82) is 0 Å². The SMILES string of the molecule is COC(=O)[C@@H]1C[C@@H](NC(=O)Cn2ncc3ccccc32)CN1C. The number of benzene rings is 1. The minimum atomic E-state index is -0.296. The third kappa shape index (κ3) is 3.19. The highest BCUT2D eigenvalue weighted by atomic mass is 16.5. The second-order valence-electron chi connectivity index (χ2n) is 5.84. The van der Waals surface area contributed by atoms with Gasteiger partial charge in [-0.3, -0.25) is 19.2 Å². The Morgan fingerprint density at radius 1 is 1.39 bits per heavy atom. The van der Waals surface area contributed by atoms with Crippen molar-refractivity contribution >= 4 is 22.8 Å². The average Bonchev–Trinajstić information content (AvgIpc) is 3.10. The van der Waals surface area contributed by atoms with E-state index in [9.17, 15) is 9.59 Å².